The van der Waals surface area contributed by atoms with Crippen molar-refractivity contribution in [1.29, 1.82) is 0 Å². The van der Waals surface area contributed by atoms with E-state index in [9.17, 15) is 13.2 Å². The summed E-state index contributed by atoms with van der Waals surface area (Å²) in [6, 6.07) is 12.1. The molecule has 0 spiro atoms. The smallest absolute Gasteiger partial charge is 0.246 e. The second-order valence-corrected chi connectivity index (χ2v) is 8.84. The summed E-state index contributed by atoms with van der Waals surface area (Å²) in [5, 5.41) is 2.74. The second kappa shape index (κ2) is 9.73. The van der Waals surface area contributed by atoms with E-state index in [0.29, 0.717) is 12.2 Å². The number of hydrogen-bond donors (Lipinski definition) is 1. The number of methoxy groups -OCH3 is 2. The summed E-state index contributed by atoms with van der Waals surface area (Å²) in [6.07, 6.45) is 0. The zero-order chi connectivity index (χ0) is 21.6. The van der Waals surface area contributed by atoms with Crippen molar-refractivity contribution in [1.82, 2.24) is 9.21 Å². The third-order valence-electron chi connectivity index (χ3n) is 4.23. The number of rotatable bonds is 9. The Hall–Kier alpha value is -2.62. The Balaban J connectivity index is 2.06. The minimum absolute atomic E-state index is 0.00520. The number of ether oxygens (including phenoxy) is 2. The largest absolute Gasteiger partial charge is 0.497 e. The molecule has 0 saturated heterocycles. The van der Waals surface area contributed by atoms with Crippen LogP contribution in [0.15, 0.2) is 47.4 Å². The monoisotopic (exact) mass is 421 g/mol. The molecule has 0 fully saturated rings. The maximum absolute atomic E-state index is 12.5. The molecule has 8 nitrogen and oxygen atoms in total. The first-order valence-electron chi connectivity index (χ1n) is 8.89. The Kier molecular flexibility index (Phi) is 7.60. The van der Waals surface area contributed by atoms with Crippen LogP contribution >= 0.6 is 0 Å². The zero-order valence-corrected chi connectivity index (χ0v) is 18.1. The van der Waals surface area contributed by atoms with Gasteiger partial charge in [-0.2, -0.15) is 0 Å². The SMILES string of the molecule is COc1ccc(CN(C)CC(=O)Nc2ccc(OC)c(S(=O)(=O)N(C)C)c2)cc1. The number of sulfonamides is 1. The quantitative estimate of drug-likeness (QED) is 0.667. The van der Waals surface area contributed by atoms with Crippen molar-refractivity contribution < 1.29 is 22.7 Å². The molecular formula is C20H27N3O5S. The van der Waals surface area contributed by atoms with Crippen molar-refractivity contribution in [3.05, 3.63) is 48.0 Å². The maximum Gasteiger partial charge on any atom is 0.246 e. The summed E-state index contributed by atoms with van der Waals surface area (Å²) in [6.45, 7) is 0.730. The van der Waals surface area contributed by atoms with E-state index in [1.807, 2.05) is 36.2 Å². The van der Waals surface area contributed by atoms with E-state index in [2.05, 4.69) is 5.32 Å². The van der Waals surface area contributed by atoms with E-state index in [1.165, 1.54) is 33.3 Å². The molecule has 0 atom stereocenters. The van der Waals surface area contributed by atoms with Crippen molar-refractivity contribution >= 4 is 21.6 Å². The van der Waals surface area contributed by atoms with E-state index in [-0.39, 0.29) is 23.1 Å². The highest BCUT2D eigenvalue weighted by molar-refractivity contribution is 7.89. The molecule has 29 heavy (non-hydrogen) atoms. The van der Waals surface area contributed by atoms with Gasteiger partial charge in [0.15, 0.2) is 0 Å². The molecule has 0 bridgehead atoms. The minimum Gasteiger partial charge on any atom is -0.497 e. The van der Waals surface area contributed by atoms with E-state index < -0.39 is 10.0 Å². The van der Waals surface area contributed by atoms with Crippen LogP contribution in [0.1, 0.15) is 5.56 Å². The number of nitrogens with zero attached hydrogens (tertiary/aromatic N) is 2. The molecule has 158 valence electrons. The fourth-order valence-electron chi connectivity index (χ4n) is 2.70. The number of nitrogens with one attached hydrogen (secondary N) is 1. The molecule has 1 N–H and O–H groups in total. The van der Waals surface area contributed by atoms with Crippen molar-refractivity contribution in [2.75, 3.05) is 47.2 Å². The molecule has 0 saturated carbocycles. The van der Waals surface area contributed by atoms with Crippen molar-refractivity contribution in [2.24, 2.45) is 0 Å². The first-order chi connectivity index (χ1) is 13.7. The highest BCUT2D eigenvalue weighted by Gasteiger charge is 2.23. The average molecular weight is 422 g/mol. The lowest BCUT2D eigenvalue weighted by atomic mass is 10.2. The third-order valence-corrected chi connectivity index (χ3v) is 6.07. The molecule has 0 radical (unpaired) electrons. The Morgan fingerprint density at radius 1 is 1.00 bits per heavy atom. The minimum atomic E-state index is -3.71. The fourth-order valence-corrected chi connectivity index (χ4v) is 3.77. The van der Waals surface area contributed by atoms with Gasteiger partial charge in [-0.15, -0.1) is 0 Å². The van der Waals surface area contributed by atoms with Gasteiger partial charge >= 0.3 is 0 Å². The number of amides is 1. The number of anilines is 1. The first-order valence-corrected chi connectivity index (χ1v) is 10.3. The Morgan fingerprint density at radius 3 is 2.21 bits per heavy atom. The van der Waals surface area contributed by atoms with Gasteiger partial charge in [-0.25, -0.2) is 12.7 Å². The highest BCUT2D eigenvalue weighted by Crippen LogP contribution is 2.28. The Morgan fingerprint density at radius 2 is 1.66 bits per heavy atom. The molecule has 0 heterocycles. The molecule has 0 aromatic heterocycles. The molecule has 1 amide bonds. The van der Waals surface area contributed by atoms with Crippen LogP contribution in [0.25, 0.3) is 0 Å². The summed E-state index contributed by atoms with van der Waals surface area (Å²) >= 11 is 0. The lowest BCUT2D eigenvalue weighted by molar-refractivity contribution is -0.117. The predicted molar refractivity (Wildman–Crippen MR) is 112 cm³/mol. The Bertz CT molecular complexity index is 943. The van der Waals surface area contributed by atoms with E-state index in [1.54, 1.807) is 13.2 Å². The second-order valence-electron chi connectivity index (χ2n) is 6.72. The number of carbonyl (C=O) groups is 1. The summed E-state index contributed by atoms with van der Waals surface area (Å²) in [7, 11) is 4.01. The van der Waals surface area contributed by atoms with Gasteiger partial charge in [0.05, 0.1) is 20.8 Å². The molecule has 0 aliphatic carbocycles. The predicted octanol–water partition coefficient (Wildman–Crippen LogP) is 2.02. The number of benzene rings is 2. The van der Waals surface area contributed by atoms with Crippen molar-refractivity contribution in [3.63, 3.8) is 0 Å². The number of carbonyl (C=O) groups excluding carboxylic acids is 1. The van der Waals surface area contributed by atoms with Gasteiger partial charge in [0, 0.05) is 26.3 Å². The van der Waals surface area contributed by atoms with Gasteiger partial charge in [0.25, 0.3) is 0 Å². The van der Waals surface area contributed by atoms with Crippen LogP contribution in [0.2, 0.25) is 0 Å². The van der Waals surface area contributed by atoms with E-state index >= 15 is 0 Å². The van der Waals surface area contributed by atoms with Gasteiger partial charge in [0.1, 0.15) is 16.4 Å². The van der Waals surface area contributed by atoms with Gasteiger partial charge in [-0.05, 0) is 42.9 Å². The van der Waals surface area contributed by atoms with Crippen LogP contribution in [-0.4, -0.2) is 65.4 Å². The van der Waals surface area contributed by atoms with Crippen LogP contribution < -0.4 is 14.8 Å². The molecular weight excluding hydrogens is 394 g/mol. The topological polar surface area (TPSA) is 88.2 Å². The van der Waals surface area contributed by atoms with Gasteiger partial charge in [-0.3, -0.25) is 9.69 Å². The normalized spacial score (nSPS) is 11.6. The number of hydrogen-bond acceptors (Lipinski definition) is 6. The zero-order valence-electron chi connectivity index (χ0n) is 17.3. The summed E-state index contributed by atoms with van der Waals surface area (Å²) < 4.78 is 36.4. The molecule has 0 unspecified atom stereocenters. The molecule has 9 heteroatoms. The third kappa shape index (κ3) is 5.93. The van der Waals surface area contributed by atoms with Gasteiger partial charge < -0.3 is 14.8 Å². The fraction of sp³-hybridized carbons (Fsp3) is 0.350. The van der Waals surface area contributed by atoms with Crippen LogP contribution in [0.4, 0.5) is 5.69 Å². The van der Waals surface area contributed by atoms with Crippen LogP contribution in [0.5, 0.6) is 11.5 Å². The molecule has 2 aromatic rings. The van der Waals surface area contributed by atoms with E-state index in [0.717, 1.165) is 15.6 Å². The Labute approximate surface area is 172 Å². The summed E-state index contributed by atoms with van der Waals surface area (Å²) in [5.41, 5.74) is 1.43. The van der Waals surface area contributed by atoms with Crippen LogP contribution in [0.3, 0.4) is 0 Å². The standard InChI is InChI=1S/C20H27N3O5S/c1-22(2)29(25,26)19-12-16(8-11-18(19)28-5)21-20(24)14-23(3)13-15-6-9-17(27-4)10-7-15/h6-12H,13-14H2,1-5H3,(H,21,24). The average Bonchev–Trinajstić information content (AvgIpc) is 2.68. The molecule has 0 aliphatic rings. The van der Waals surface area contributed by atoms with Crippen LogP contribution in [-0.2, 0) is 21.4 Å². The van der Waals surface area contributed by atoms with Gasteiger partial charge in [0.2, 0.25) is 15.9 Å². The summed E-state index contributed by atoms with van der Waals surface area (Å²) in [5.74, 6) is 0.741. The van der Waals surface area contributed by atoms with Crippen molar-refractivity contribution in [2.45, 2.75) is 11.4 Å². The first kappa shape index (κ1) is 22.7. The van der Waals surface area contributed by atoms with Gasteiger partial charge in [-0.1, -0.05) is 12.1 Å². The molecule has 0 aliphatic heterocycles. The summed E-state index contributed by atoms with van der Waals surface area (Å²) in [4.78, 5) is 14.3. The molecule has 2 aromatic carbocycles. The van der Waals surface area contributed by atoms with E-state index in [4.69, 9.17) is 9.47 Å². The number of likely N-dealkylation sites (N-methyl/N-ethyl adjacent to an activating group) is 1. The lowest BCUT2D eigenvalue weighted by Gasteiger charge is -2.18. The van der Waals surface area contributed by atoms with Crippen molar-refractivity contribution in [3.8, 4) is 11.5 Å². The molecule has 2 rings (SSSR count). The highest BCUT2D eigenvalue weighted by atomic mass is 32.2. The van der Waals surface area contributed by atoms with Crippen LogP contribution in [0, 0.1) is 0 Å². The lowest BCUT2D eigenvalue weighted by Crippen LogP contribution is -2.30. The maximum atomic E-state index is 12.5.